The summed E-state index contributed by atoms with van der Waals surface area (Å²) in [6.07, 6.45) is 6.17. The van der Waals surface area contributed by atoms with Gasteiger partial charge >= 0.3 is 0 Å². The molecule has 2 aliphatic rings. The first kappa shape index (κ1) is 14.2. The van der Waals surface area contributed by atoms with Crippen LogP contribution in [-0.4, -0.2) is 11.9 Å². The van der Waals surface area contributed by atoms with E-state index in [4.69, 9.17) is 23.2 Å². The standard InChI is InChI=1S/C16H19Cl2NO/c17-13-2-1-3-14(18)12(13)6-7-16(20)19-15-9-10-4-5-11(15)8-10/h1-3,10-11,15H,4-9H2,(H,19,20). The summed E-state index contributed by atoms with van der Waals surface area (Å²) in [6, 6.07) is 5.86. The highest BCUT2D eigenvalue weighted by Gasteiger charge is 2.39. The molecule has 3 rings (SSSR count). The number of carbonyl (C=O) groups is 1. The fourth-order valence-electron chi connectivity index (χ4n) is 3.71. The lowest BCUT2D eigenvalue weighted by atomic mass is 9.95. The van der Waals surface area contributed by atoms with Gasteiger partial charge < -0.3 is 5.32 Å². The van der Waals surface area contributed by atoms with Crippen molar-refractivity contribution >= 4 is 29.1 Å². The molecule has 0 aliphatic heterocycles. The molecular weight excluding hydrogens is 293 g/mol. The number of carbonyl (C=O) groups excluding carboxylic acids is 1. The zero-order valence-corrected chi connectivity index (χ0v) is 12.9. The highest BCUT2D eigenvalue weighted by atomic mass is 35.5. The van der Waals surface area contributed by atoms with Gasteiger partial charge in [0.25, 0.3) is 0 Å². The smallest absolute Gasteiger partial charge is 0.220 e. The van der Waals surface area contributed by atoms with E-state index in [-0.39, 0.29) is 5.91 Å². The Morgan fingerprint density at radius 2 is 1.95 bits per heavy atom. The molecule has 0 radical (unpaired) electrons. The van der Waals surface area contributed by atoms with Crippen LogP contribution in [0.5, 0.6) is 0 Å². The van der Waals surface area contributed by atoms with Gasteiger partial charge in [-0.3, -0.25) is 4.79 Å². The molecule has 2 fully saturated rings. The van der Waals surface area contributed by atoms with Crippen molar-refractivity contribution in [2.24, 2.45) is 11.8 Å². The molecule has 108 valence electrons. The predicted molar refractivity (Wildman–Crippen MR) is 82.2 cm³/mol. The summed E-state index contributed by atoms with van der Waals surface area (Å²) in [5.74, 6) is 1.69. The maximum atomic E-state index is 12.1. The first-order valence-electron chi connectivity index (χ1n) is 7.35. The van der Waals surface area contributed by atoms with E-state index >= 15 is 0 Å². The van der Waals surface area contributed by atoms with Crippen LogP contribution in [0.2, 0.25) is 10.0 Å². The zero-order chi connectivity index (χ0) is 14.1. The number of rotatable bonds is 4. The summed E-state index contributed by atoms with van der Waals surface area (Å²) >= 11 is 12.2. The third-order valence-corrected chi connectivity index (χ3v) is 5.46. The molecule has 3 atom stereocenters. The minimum absolute atomic E-state index is 0.124. The molecular formula is C16H19Cl2NO. The van der Waals surface area contributed by atoms with Crippen LogP contribution >= 0.6 is 23.2 Å². The highest BCUT2D eigenvalue weighted by molar-refractivity contribution is 6.36. The quantitative estimate of drug-likeness (QED) is 0.885. The third-order valence-electron chi connectivity index (χ3n) is 4.75. The van der Waals surface area contributed by atoms with Gasteiger partial charge in [-0.25, -0.2) is 0 Å². The predicted octanol–water partition coefficient (Wildman–Crippen LogP) is 4.23. The Morgan fingerprint density at radius 1 is 1.20 bits per heavy atom. The van der Waals surface area contributed by atoms with Crippen LogP contribution in [0.1, 0.15) is 37.7 Å². The van der Waals surface area contributed by atoms with E-state index in [2.05, 4.69) is 5.32 Å². The molecule has 20 heavy (non-hydrogen) atoms. The summed E-state index contributed by atoms with van der Waals surface area (Å²) in [7, 11) is 0. The summed E-state index contributed by atoms with van der Waals surface area (Å²) in [4.78, 5) is 12.1. The van der Waals surface area contributed by atoms with Gasteiger partial charge in [0, 0.05) is 22.5 Å². The number of halogens is 2. The molecule has 3 unspecified atom stereocenters. The van der Waals surface area contributed by atoms with E-state index in [0.29, 0.717) is 34.8 Å². The SMILES string of the molecule is O=C(CCc1c(Cl)cccc1Cl)NC1CC2CCC1C2. The van der Waals surface area contributed by atoms with Gasteiger partial charge in [-0.2, -0.15) is 0 Å². The van der Waals surface area contributed by atoms with Crippen molar-refractivity contribution < 1.29 is 4.79 Å². The van der Waals surface area contributed by atoms with Crippen LogP contribution in [0.15, 0.2) is 18.2 Å². The van der Waals surface area contributed by atoms with Crippen molar-refractivity contribution in [2.75, 3.05) is 0 Å². The number of hydrogen-bond acceptors (Lipinski definition) is 1. The summed E-state index contributed by atoms with van der Waals surface area (Å²) < 4.78 is 0. The van der Waals surface area contributed by atoms with E-state index in [1.165, 1.54) is 25.7 Å². The summed E-state index contributed by atoms with van der Waals surface area (Å²) in [6.45, 7) is 0. The van der Waals surface area contributed by atoms with Crippen LogP contribution in [0.3, 0.4) is 0 Å². The fraction of sp³-hybridized carbons (Fsp3) is 0.562. The van der Waals surface area contributed by atoms with Crippen LogP contribution in [-0.2, 0) is 11.2 Å². The fourth-order valence-corrected chi connectivity index (χ4v) is 4.30. The number of hydrogen-bond donors (Lipinski definition) is 1. The number of amides is 1. The van der Waals surface area contributed by atoms with Gasteiger partial charge in [0.1, 0.15) is 0 Å². The molecule has 2 aliphatic carbocycles. The highest BCUT2D eigenvalue weighted by Crippen LogP contribution is 2.44. The first-order valence-corrected chi connectivity index (χ1v) is 8.11. The molecule has 0 spiro atoms. The van der Waals surface area contributed by atoms with Crippen LogP contribution in [0.4, 0.5) is 0 Å². The van der Waals surface area contributed by atoms with E-state index in [0.717, 1.165) is 11.5 Å². The normalized spacial score (nSPS) is 27.8. The van der Waals surface area contributed by atoms with E-state index in [1.807, 2.05) is 18.2 Å². The van der Waals surface area contributed by atoms with Crippen LogP contribution < -0.4 is 5.32 Å². The lowest BCUT2D eigenvalue weighted by Crippen LogP contribution is -2.38. The second kappa shape index (κ2) is 5.95. The minimum atomic E-state index is 0.124. The van der Waals surface area contributed by atoms with E-state index in [1.54, 1.807) is 0 Å². The molecule has 1 aromatic rings. The Morgan fingerprint density at radius 3 is 2.55 bits per heavy atom. The summed E-state index contributed by atoms with van der Waals surface area (Å²) in [5.41, 5.74) is 0.874. The van der Waals surface area contributed by atoms with Crippen LogP contribution in [0, 0.1) is 11.8 Å². The Bertz CT molecular complexity index is 497. The maximum absolute atomic E-state index is 12.1. The van der Waals surface area contributed by atoms with Crippen molar-refractivity contribution in [3.63, 3.8) is 0 Å². The Balaban J connectivity index is 1.52. The van der Waals surface area contributed by atoms with Crippen molar-refractivity contribution in [1.82, 2.24) is 5.32 Å². The van der Waals surface area contributed by atoms with Gasteiger partial charge in [0.15, 0.2) is 0 Å². The topological polar surface area (TPSA) is 29.1 Å². The molecule has 1 aromatic carbocycles. The largest absolute Gasteiger partial charge is 0.353 e. The average molecular weight is 312 g/mol. The Kier molecular flexibility index (Phi) is 4.23. The molecule has 2 saturated carbocycles. The van der Waals surface area contributed by atoms with Crippen molar-refractivity contribution in [3.05, 3.63) is 33.8 Å². The Labute approximate surface area is 129 Å². The zero-order valence-electron chi connectivity index (χ0n) is 11.4. The average Bonchev–Trinajstić information content (AvgIpc) is 3.00. The Hall–Kier alpha value is -0.730. The molecule has 2 nitrogen and oxygen atoms in total. The van der Waals surface area contributed by atoms with Gasteiger partial charge in [-0.05, 0) is 55.2 Å². The molecule has 4 heteroatoms. The molecule has 1 amide bonds. The summed E-state index contributed by atoms with van der Waals surface area (Å²) in [5, 5.41) is 4.48. The lowest BCUT2D eigenvalue weighted by molar-refractivity contribution is -0.122. The van der Waals surface area contributed by atoms with Crippen LogP contribution in [0.25, 0.3) is 0 Å². The minimum Gasteiger partial charge on any atom is -0.353 e. The second-order valence-corrected chi connectivity index (χ2v) is 6.86. The second-order valence-electron chi connectivity index (χ2n) is 6.05. The van der Waals surface area contributed by atoms with E-state index in [9.17, 15) is 4.79 Å². The number of nitrogens with one attached hydrogen (secondary N) is 1. The third kappa shape index (κ3) is 2.96. The maximum Gasteiger partial charge on any atom is 0.220 e. The van der Waals surface area contributed by atoms with Crippen molar-refractivity contribution in [3.8, 4) is 0 Å². The monoisotopic (exact) mass is 311 g/mol. The van der Waals surface area contributed by atoms with Gasteiger partial charge in [0.2, 0.25) is 5.91 Å². The first-order chi connectivity index (χ1) is 9.63. The molecule has 0 heterocycles. The van der Waals surface area contributed by atoms with Crippen molar-refractivity contribution in [2.45, 2.75) is 44.6 Å². The van der Waals surface area contributed by atoms with Crippen molar-refractivity contribution in [1.29, 1.82) is 0 Å². The molecule has 2 bridgehead atoms. The number of benzene rings is 1. The number of fused-ring (bicyclic) bond motifs is 2. The van der Waals surface area contributed by atoms with Gasteiger partial charge in [0.05, 0.1) is 0 Å². The molecule has 0 saturated heterocycles. The molecule has 0 aromatic heterocycles. The van der Waals surface area contributed by atoms with Gasteiger partial charge in [-0.15, -0.1) is 0 Å². The lowest BCUT2D eigenvalue weighted by Gasteiger charge is -2.23. The molecule has 1 N–H and O–H groups in total. The van der Waals surface area contributed by atoms with E-state index < -0.39 is 0 Å². The van der Waals surface area contributed by atoms with Gasteiger partial charge in [-0.1, -0.05) is 35.7 Å².